The molecular weight excluding hydrogens is 352 g/mol. The van der Waals surface area contributed by atoms with Crippen LogP contribution < -0.4 is 10.6 Å². The fourth-order valence-corrected chi connectivity index (χ4v) is 3.09. The fraction of sp³-hybridized carbons (Fsp3) is 0.652. The number of aliphatic hydroxyl groups excluding tert-OH is 1. The number of carbonyl (C=O) groups is 2. The van der Waals surface area contributed by atoms with Crippen molar-refractivity contribution >= 4 is 11.8 Å². The molecule has 0 aromatic heterocycles. The van der Waals surface area contributed by atoms with E-state index in [1.54, 1.807) is 0 Å². The van der Waals surface area contributed by atoms with Crippen molar-refractivity contribution in [3.05, 3.63) is 35.4 Å². The first-order chi connectivity index (χ1) is 13.4. The van der Waals surface area contributed by atoms with E-state index in [0.29, 0.717) is 18.9 Å². The van der Waals surface area contributed by atoms with Crippen molar-refractivity contribution in [1.29, 1.82) is 0 Å². The van der Waals surface area contributed by atoms with Gasteiger partial charge in [-0.05, 0) is 49.7 Å². The smallest absolute Gasteiger partial charge is 0.227 e. The summed E-state index contributed by atoms with van der Waals surface area (Å²) in [6.45, 7) is 8.88. The molecule has 0 saturated carbocycles. The fourth-order valence-electron chi connectivity index (χ4n) is 3.09. The molecule has 28 heavy (non-hydrogen) atoms. The summed E-state index contributed by atoms with van der Waals surface area (Å²) < 4.78 is 0. The number of rotatable bonds is 13. The number of carbonyl (C=O) groups excluding carboxylic acids is 2. The summed E-state index contributed by atoms with van der Waals surface area (Å²) in [4.78, 5) is 24.1. The van der Waals surface area contributed by atoms with Gasteiger partial charge in [0, 0.05) is 13.0 Å². The van der Waals surface area contributed by atoms with Gasteiger partial charge in [0.1, 0.15) is 0 Å². The van der Waals surface area contributed by atoms with E-state index in [0.717, 1.165) is 37.7 Å². The summed E-state index contributed by atoms with van der Waals surface area (Å²) in [5, 5.41) is 14.9. The highest BCUT2D eigenvalue weighted by molar-refractivity contribution is 5.83. The second-order valence-corrected chi connectivity index (χ2v) is 8.02. The molecule has 0 heterocycles. The van der Waals surface area contributed by atoms with Crippen molar-refractivity contribution in [3.8, 4) is 0 Å². The standard InChI is InChI=1S/C23H38N2O3/c1-5-21(16-26)25-22(27)9-7-6-8-14-24-23(28)18(4)20-12-10-19(11-13-20)15-17(2)3/h10-13,17-18,21,26H,5-9,14-16H2,1-4H3,(H,24,28)(H,25,27)/t18-,21?/m0/s1. The van der Waals surface area contributed by atoms with E-state index < -0.39 is 0 Å². The largest absolute Gasteiger partial charge is 0.394 e. The minimum Gasteiger partial charge on any atom is -0.394 e. The van der Waals surface area contributed by atoms with Gasteiger partial charge in [-0.1, -0.05) is 51.5 Å². The van der Waals surface area contributed by atoms with Gasteiger partial charge in [0.15, 0.2) is 0 Å². The summed E-state index contributed by atoms with van der Waals surface area (Å²) >= 11 is 0. The SMILES string of the molecule is CCC(CO)NC(=O)CCCCCNC(=O)[C@@H](C)c1ccc(CC(C)C)cc1. The van der Waals surface area contributed by atoms with Crippen LogP contribution in [0.1, 0.15) is 76.8 Å². The van der Waals surface area contributed by atoms with Gasteiger partial charge in [-0.2, -0.15) is 0 Å². The maximum Gasteiger partial charge on any atom is 0.227 e. The Morgan fingerprint density at radius 1 is 1.04 bits per heavy atom. The Morgan fingerprint density at radius 2 is 1.71 bits per heavy atom. The van der Waals surface area contributed by atoms with Gasteiger partial charge in [0.25, 0.3) is 0 Å². The first-order valence-corrected chi connectivity index (χ1v) is 10.6. The van der Waals surface area contributed by atoms with Crippen LogP contribution in [0.3, 0.4) is 0 Å². The lowest BCUT2D eigenvalue weighted by Gasteiger charge is -2.14. The Kier molecular flexibility index (Phi) is 11.5. The van der Waals surface area contributed by atoms with Crippen LogP contribution in [-0.2, 0) is 16.0 Å². The molecule has 0 fully saturated rings. The molecular formula is C23H38N2O3. The van der Waals surface area contributed by atoms with E-state index in [4.69, 9.17) is 5.11 Å². The predicted molar refractivity (Wildman–Crippen MR) is 114 cm³/mol. The van der Waals surface area contributed by atoms with Crippen LogP contribution >= 0.6 is 0 Å². The van der Waals surface area contributed by atoms with Crippen molar-refractivity contribution in [1.82, 2.24) is 10.6 Å². The summed E-state index contributed by atoms with van der Waals surface area (Å²) in [5.74, 6) is 0.492. The number of aliphatic hydroxyl groups is 1. The van der Waals surface area contributed by atoms with Gasteiger partial charge in [-0.25, -0.2) is 0 Å². The molecule has 0 spiro atoms. The average Bonchev–Trinajstić information content (AvgIpc) is 2.68. The lowest BCUT2D eigenvalue weighted by atomic mass is 9.96. The molecule has 5 nitrogen and oxygen atoms in total. The number of unbranched alkanes of at least 4 members (excludes halogenated alkanes) is 2. The van der Waals surface area contributed by atoms with Gasteiger partial charge >= 0.3 is 0 Å². The molecule has 1 rings (SSSR count). The van der Waals surface area contributed by atoms with Gasteiger partial charge in [-0.15, -0.1) is 0 Å². The van der Waals surface area contributed by atoms with Gasteiger partial charge < -0.3 is 15.7 Å². The van der Waals surface area contributed by atoms with Crippen molar-refractivity contribution in [2.24, 2.45) is 5.92 Å². The number of amides is 2. The quantitative estimate of drug-likeness (QED) is 0.451. The van der Waals surface area contributed by atoms with E-state index in [1.807, 2.05) is 13.8 Å². The molecule has 0 radical (unpaired) electrons. The van der Waals surface area contributed by atoms with E-state index in [9.17, 15) is 9.59 Å². The van der Waals surface area contributed by atoms with E-state index >= 15 is 0 Å². The van der Waals surface area contributed by atoms with Gasteiger partial charge in [0.2, 0.25) is 11.8 Å². The molecule has 2 amide bonds. The third kappa shape index (κ3) is 9.36. The molecule has 3 N–H and O–H groups in total. The first-order valence-electron chi connectivity index (χ1n) is 10.6. The van der Waals surface area contributed by atoms with Crippen LogP contribution in [0.4, 0.5) is 0 Å². The van der Waals surface area contributed by atoms with E-state index in [1.165, 1.54) is 5.56 Å². The number of hydrogen-bond acceptors (Lipinski definition) is 3. The van der Waals surface area contributed by atoms with E-state index in [2.05, 4.69) is 48.7 Å². The van der Waals surface area contributed by atoms with Gasteiger partial charge in [0.05, 0.1) is 18.6 Å². The van der Waals surface area contributed by atoms with Crippen molar-refractivity contribution < 1.29 is 14.7 Å². The number of benzene rings is 1. The number of hydrogen-bond donors (Lipinski definition) is 3. The summed E-state index contributed by atoms with van der Waals surface area (Å²) in [6, 6.07) is 8.19. The molecule has 0 aliphatic heterocycles. The molecule has 0 aliphatic rings. The van der Waals surface area contributed by atoms with Crippen molar-refractivity contribution in [2.45, 2.75) is 78.2 Å². The monoisotopic (exact) mass is 390 g/mol. The maximum atomic E-state index is 12.3. The van der Waals surface area contributed by atoms with Crippen LogP contribution in [0.2, 0.25) is 0 Å². The van der Waals surface area contributed by atoms with Crippen LogP contribution in [0, 0.1) is 5.92 Å². The zero-order chi connectivity index (χ0) is 20.9. The predicted octanol–water partition coefficient (Wildman–Crippen LogP) is 3.55. The topological polar surface area (TPSA) is 78.4 Å². The summed E-state index contributed by atoms with van der Waals surface area (Å²) in [6.07, 6.45) is 4.78. The molecule has 0 saturated heterocycles. The van der Waals surface area contributed by atoms with Crippen molar-refractivity contribution in [3.63, 3.8) is 0 Å². The zero-order valence-electron chi connectivity index (χ0n) is 18.0. The number of nitrogens with one attached hydrogen (secondary N) is 2. The van der Waals surface area contributed by atoms with E-state index in [-0.39, 0.29) is 30.4 Å². The lowest BCUT2D eigenvalue weighted by Crippen LogP contribution is -2.36. The molecule has 158 valence electrons. The minimum absolute atomic E-state index is 0.0144. The normalized spacial score (nSPS) is 13.2. The van der Waals surface area contributed by atoms with Crippen LogP contribution in [0.25, 0.3) is 0 Å². The highest BCUT2D eigenvalue weighted by Crippen LogP contribution is 2.17. The minimum atomic E-state index is -0.164. The van der Waals surface area contributed by atoms with Crippen LogP contribution in [0.15, 0.2) is 24.3 Å². The highest BCUT2D eigenvalue weighted by atomic mass is 16.3. The molecule has 5 heteroatoms. The van der Waals surface area contributed by atoms with Crippen LogP contribution in [-0.4, -0.2) is 36.1 Å². The third-order valence-electron chi connectivity index (χ3n) is 4.98. The molecule has 1 aromatic rings. The summed E-state index contributed by atoms with van der Waals surface area (Å²) in [7, 11) is 0. The Labute approximate surface area is 170 Å². The first kappa shape index (κ1) is 24.2. The van der Waals surface area contributed by atoms with Crippen LogP contribution in [0.5, 0.6) is 0 Å². The second kappa shape index (κ2) is 13.3. The summed E-state index contributed by atoms with van der Waals surface area (Å²) in [5.41, 5.74) is 2.34. The molecule has 1 aromatic carbocycles. The molecule has 0 bridgehead atoms. The van der Waals surface area contributed by atoms with Crippen molar-refractivity contribution in [2.75, 3.05) is 13.2 Å². The lowest BCUT2D eigenvalue weighted by molar-refractivity contribution is -0.123. The Bertz CT molecular complexity index is 580. The Morgan fingerprint density at radius 3 is 2.29 bits per heavy atom. The third-order valence-corrected chi connectivity index (χ3v) is 4.98. The molecule has 2 atom stereocenters. The maximum absolute atomic E-state index is 12.3. The second-order valence-electron chi connectivity index (χ2n) is 8.02. The van der Waals surface area contributed by atoms with Gasteiger partial charge in [-0.3, -0.25) is 9.59 Å². The average molecular weight is 391 g/mol. The Hall–Kier alpha value is -1.88. The Balaban J connectivity index is 2.23. The molecule has 0 aliphatic carbocycles. The zero-order valence-corrected chi connectivity index (χ0v) is 18.0. The highest BCUT2D eigenvalue weighted by Gasteiger charge is 2.14. The molecule has 1 unspecified atom stereocenters.